The summed E-state index contributed by atoms with van der Waals surface area (Å²) >= 11 is 0. The molecule has 1 heterocycles. The zero-order chi connectivity index (χ0) is 22.3. The van der Waals surface area contributed by atoms with E-state index in [1.807, 2.05) is 5.32 Å². The molecule has 3 N–H and O–H groups in total. The van der Waals surface area contributed by atoms with Crippen molar-refractivity contribution in [3.63, 3.8) is 0 Å². The molecular formula is C21H28N4O5. The van der Waals surface area contributed by atoms with Crippen molar-refractivity contribution in [3.8, 4) is 0 Å². The second-order valence-corrected chi connectivity index (χ2v) is 7.41. The van der Waals surface area contributed by atoms with E-state index in [0.717, 1.165) is 25.7 Å². The van der Waals surface area contributed by atoms with Crippen LogP contribution in [0.2, 0.25) is 0 Å². The number of nitrogens with one attached hydrogen (secondary N) is 1. The number of fused-ring (bicyclic) bond motifs is 1. The number of nitrogens with two attached hydrogens (primary N) is 1. The van der Waals surface area contributed by atoms with Gasteiger partial charge in [-0.25, -0.2) is 14.3 Å². The van der Waals surface area contributed by atoms with Crippen molar-refractivity contribution in [3.05, 3.63) is 40.3 Å². The van der Waals surface area contributed by atoms with Crippen LogP contribution in [0.1, 0.15) is 56.9 Å². The largest absolute Gasteiger partial charge is 0.447 e. The Hall–Kier alpha value is -3.23. The summed E-state index contributed by atoms with van der Waals surface area (Å²) in [6.07, 6.45) is 2.56. The van der Waals surface area contributed by atoms with E-state index in [-0.39, 0.29) is 11.3 Å². The molecule has 0 spiro atoms. The van der Waals surface area contributed by atoms with Gasteiger partial charge < -0.3 is 10.5 Å². The van der Waals surface area contributed by atoms with Crippen LogP contribution >= 0.6 is 0 Å². The van der Waals surface area contributed by atoms with Crippen LogP contribution < -0.4 is 16.6 Å². The summed E-state index contributed by atoms with van der Waals surface area (Å²) in [6, 6.07) is 5.59. The molecule has 3 amide bonds. The average molecular weight is 416 g/mol. The minimum atomic E-state index is -1.24. The third-order valence-corrected chi connectivity index (χ3v) is 4.63. The molecule has 0 aliphatic carbocycles. The molecule has 2 aromatic rings. The van der Waals surface area contributed by atoms with E-state index in [0.29, 0.717) is 17.3 Å². The Balaban J connectivity index is 2.39. The molecule has 1 atom stereocenters. The molecule has 162 valence electrons. The van der Waals surface area contributed by atoms with E-state index in [1.54, 1.807) is 38.1 Å². The Bertz CT molecular complexity index is 983. The minimum Gasteiger partial charge on any atom is -0.447 e. The molecule has 1 aromatic heterocycles. The number of hydrogen-bond donors (Lipinski definition) is 2. The maximum Gasteiger partial charge on any atom is 0.360 e. The molecule has 9 heteroatoms. The monoisotopic (exact) mass is 416 g/mol. The average Bonchev–Trinajstić information content (AvgIpc) is 2.70. The number of carbonyl (C=O) groups is 3. The van der Waals surface area contributed by atoms with E-state index < -0.39 is 29.9 Å². The third-order valence-electron chi connectivity index (χ3n) is 4.63. The molecule has 0 saturated carbocycles. The molecule has 0 aliphatic rings. The van der Waals surface area contributed by atoms with Crippen molar-refractivity contribution in [2.24, 2.45) is 11.7 Å². The van der Waals surface area contributed by atoms with Crippen LogP contribution in [0.15, 0.2) is 29.1 Å². The molecule has 0 radical (unpaired) electrons. The van der Waals surface area contributed by atoms with Gasteiger partial charge in [-0.05, 0) is 18.4 Å². The summed E-state index contributed by atoms with van der Waals surface area (Å²) in [5, 5.41) is 6.85. The van der Waals surface area contributed by atoms with Crippen molar-refractivity contribution in [1.82, 2.24) is 15.1 Å². The molecular weight excluding hydrogens is 388 g/mol. The quantitative estimate of drug-likeness (QED) is 0.476. The predicted molar refractivity (Wildman–Crippen MR) is 112 cm³/mol. The van der Waals surface area contributed by atoms with Gasteiger partial charge in [-0.2, -0.15) is 5.10 Å². The summed E-state index contributed by atoms with van der Waals surface area (Å²) in [5.74, 6) is -2.09. The maximum absolute atomic E-state index is 12.9. The number of ether oxygens (including phenoxy) is 1. The van der Waals surface area contributed by atoms with Crippen LogP contribution in [-0.4, -0.2) is 33.8 Å². The third kappa shape index (κ3) is 5.65. The summed E-state index contributed by atoms with van der Waals surface area (Å²) < 4.78 is 6.64. The number of primary amides is 1. The number of aryl methyl sites for hydroxylation is 1. The molecule has 30 heavy (non-hydrogen) atoms. The van der Waals surface area contributed by atoms with E-state index in [2.05, 4.69) is 12.0 Å². The highest BCUT2D eigenvalue weighted by Gasteiger charge is 2.29. The first-order chi connectivity index (χ1) is 14.3. The summed E-state index contributed by atoms with van der Waals surface area (Å²) in [4.78, 5) is 48.8. The number of carbonyl (C=O) groups excluding carboxylic acids is 3. The fraction of sp³-hybridized carbons (Fsp3) is 0.476. The van der Waals surface area contributed by atoms with Crippen LogP contribution in [0, 0.1) is 5.92 Å². The Labute approximate surface area is 174 Å². The Morgan fingerprint density at radius 3 is 2.40 bits per heavy atom. The van der Waals surface area contributed by atoms with Crippen molar-refractivity contribution in [2.75, 3.05) is 0 Å². The molecule has 9 nitrogen and oxygen atoms in total. The zero-order valence-corrected chi connectivity index (χ0v) is 17.5. The standard InChI is InChI=1S/C21H28N4O5/c1-4-5-6-9-12-25-19(27)15-11-8-7-10-14(15)16(24-25)20(28)30-17(13(2)3)18(26)23-21(22)29/h7-8,10-11,13,17H,4-6,9,12H2,1-3H3,(H3,22,23,26,29)/t17-/m1/s1. The highest BCUT2D eigenvalue weighted by atomic mass is 16.5. The van der Waals surface area contributed by atoms with Crippen LogP contribution in [0.3, 0.4) is 0 Å². The Morgan fingerprint density at radius 2 is 1.80 bits per heavy atom. The number of benzene rings is 1. The van der Waals surface area contributed by atoms with Gasteiger partial charge in [-0.1, -0.05) is 58.2 Å². The second-order valence-electron chi connectivity index (χ2n) is 7.41. The van der Waals surface area contributed by atoms with Gasteiger partial charge in [0.25, 0.3) is 11.5 Å². The molecule has 2 rings (SSSR count). The number of imide groups is 1. The molecule has 0 saturated heterocycles. The Morgan fingerprint density at radius 1 is 1.13 bits per heavy atom. The fourth-order valence-corrected chi connectivity index (χ4v) is 3.08. The number of esters is 1. The smallest absolute Gasteiger partial charge is 0.360 e. The van der Waals surface area contributed by atoms with Crippen LogP contribution in [0.4, 0.5) is 4.79 Å². The lowest BCUT2D eigenvalue weighted by atomic mass is 10.1. The number of amides is 3. The predicted octanol–water partition coefficient (Wildman–Crippen LogP) is 2.35. The molecule has 0 unspecified atom stereocenters. The highest BCUT2D eigenvalue weighted by molar-refractivity contribution is 6.03. The van der Waals surface area contributed by atoms with Crippen molar-refractivity contribution < 1.29 is 19.1 Å². The number of nitrogens with zero attached hydrogens (tertiary/aromatic N) is 2. The van der Waals surface area contributed by atoms with Gasteiger partial charge in [-0.15, -0.1) is 0 Å². The first kappa shape index (κ1) is 23.1. The maximum atomic E-state index is 12.9. The van der Waals surface area contributed by atoms with Gasteiger partial charge >= 0.3 is 12.0 Å². The molecule has 1 aromatic carbocycles. The second kappa shape index (κ2) is 10.5. The van der Waals surface area contributed by atoms with Gasteiger partial charge in [-0.3, -0.25) is 14.9 Å². The van der Waals surface area contributed by atoms with E-state index in [1.165, 1.54) is 4.68 Å². The SMILES string of the molecule is CCCCCCn1nc(C(=O)O[C@@H](C(=O)NC(N)=O)C(C)C)c2ccccc2c1=O. The van der Waals surface area contributed by atoms with E-state index in [9.17, 15) is 19.2 Å². The van der Waals surface area contributed by atoms with Crippen LogP contribution in [-0.2, 0) is 16.1 Å². The lowest BCUT2D eigenvalue weighted by molar-refractivity contribution is -0.130. The van der Waals surface area contributed by atoms with Crippen molar-refractivity contribution >= 4 is 28.7 Å². The minimum absolute atomic E-state index is 0.0572. The van der Waals surface area contributed by atoms with E-state index in [4.69, 9.17) is 10.5 Å². The summed E-state index contributed by atoms with van der Waals surface area (Å²) in [6.45, 7) is 5.80. The normalized spacial score (nSPS) is 12.0. The van der Waals surface area contributed by atoms with Crippen LogP contribution in [0.25, 0.3) is 10.8 Å². The summed E-state index contributed by atoms with van der Waals surface area (Å²) in [7, 11) is 0. The summed E-state index contributed by atoms with van der Waals surface area (Å²) in [5.41, 5.74) is 4.65. The molecule has 0 bridgehead atoms. The number of unbranched alkanes of at least 4 members (excludes halogenated alkanes) is 3. The van der Waals surface area contributed by atoms with Gasteiger partial charge in [0, 0.05) is 11.9 Å². The molecule has 0 aliphatic heterocycles. The first-order valence-electron chi connectivity index (χ1n) is 10.1. The van der Waals surface area contributed by atoms with Gasteiger partial charge in [0.1, 0.15) is 0 Å². The number of aromatic nitrogens is 2. The first-order valence-corrected chi connectivity index (χ1v) is 10.1. The number of urea groups is 1. The van der Waals surface area contributed by atoms with Gasteiger partial charge in [0.05, 0.1) is 5.39 Å². The topological polar surface area (TPSA) is 133 Å². The Kier molecular flexibility index (Phi) is 8.08. The van der Waals surface area contributed by atoms with Gasteiger partial charge in [0.15, 0.2) is 11.8 Å². The van der Waals surface area contributed by atoms with Crippen molar-refractivity contribution in [2.45, 2.75) is 59.1 Å². The van der Waals surface area contributed by atoms with E-state index >= 15 is 0 Å². The molecule has 0 fully saturated rings. The van der Waals surface area contributed by atoms with Crippen molar-refractivity contribution in [1.29, 1.82) is 0 Å². The number of rotatable bonds is 9. The van der Waals surface area contributed by atoms with Gasteiger partial charge in [0.2, 0.25) is 0 Å². The zero-order valence-electron chi connectivity index (χ0n) is 17.5. The lowest BCUT2D eigenvalue weighted by Crippen LogP contribution is -2.45. The highest BCUT2D eigenvalue weighted by Crippen LogP contribution is 2.17. The van der Waals surface area contributed by atoms with Crippen LogP contribution in [0.5, 0.6) is 0 Å². The number of hydrogen-bond acceptors (Lipinski definition) is 6. The fourth-order valence-electron chi connectivity index (χ4n) is 3.08. The lowest BCUT2D eigenvalue weighted by Gasteiger charge is -2.20.